The second-order valence-electron chi connectivity index (χ2n) is 3.90. The molecule has 1 aromatic carbocycles. The third-order valence-electron chi connectivity index (χ3n) is 2.52. The van der Waals surface area contributed by atoms with E-state index in [-0.39, 0.29) is 5.82 Å². The standard InChI is InChI=1S/C12H15FN4/c1-8-15-9(2)17(16-8)12-10(7-14-3)5-4-6-11(12)13/h4-6,14H,7H2,1-3H3. The number of hydrogen-bond donors (Lipinski definition) is 1. The molecule has 0 bridgehead atoms. The van der Waals surface area contributed by atoms with E-state index < -0.39 is 0 Å². The predicted octanol–water partition coefficient (Wildman–Crippen LogP) is 1.74. The lowest BCUT2D eigenvalue weighted by molar-refractivity contribution is 0.601. The lowest BCUT2D eigenvalue weighted by atomic mass is 10.1. The maximum absolute atomic E-state index is 13.9. The lowest BCUT2D eigenvalue weighted by Crippen LogP contribution is -2.12. The zero-order chi connectivity index (χ0) is 12.4. The molecule has 5 heteroatoms. The molecule has 0 radical (unpaired) electrons. The quantitative estimate of drug-likeness (QED) is 0.879. The molecule has 0 fully saturated rings. The van der Waals surface area contributed by atoms with Crippen LogP contribution in [0.2, 0.25) is 0 Å². The third-order valence-corrected chi connectivity index (χ3v) is 2.52. The first-order chi connectivity index (χ1) is 8.13. The van der Waals surface area contributed by atoms with E-state index in [1.54, 1.807) is 17.7 Å². The molecule has 0 aliphatic carbocycles. The number of aryl methyl sites for hydroxylation is 2. The van der Waals surface area contributed by atoms with E-state index >= 15 is 0 Å². The third kappa shape index (κ3) is 2.19. The Labute approximate surface area is 99.5 Å². The zero-order valence-corrected chi connectivity index (χ0v) is 10.2. The molecule has 0 spiro atoms. The van der Waals surface area contributed by atoms with Crippen molar-refractivity contribution in [2.24, 2.45) is 0 Å². The molecular weight excluding hydrogens is 219 g/mol. The first kappa shape index (κ1) is 11.7. The maximum Gasteiger partial charge on any atom is 0.149 e. The summed E-state index contributed by atoms with van der Waals surface area (Å²) in [5.74, 6) is 1.04. The van der Waals surface area contributed by atoms with Gasteiger partial charge in [0.25, 0.3) is 0 Å². The van der Waals surface area contributed by atoms with Gasteiger partial charge in [0.2, 0.25) is 0 Å². The molecule has 1 heterocycles. The van der Waals surface area contributed by atoms with E-state index in [0.717, 1.165) is 5.56 Å². The Morgan fingerprint density at radius 1 is 1.35 bits per heavy atom. The number of halogens is 1. The molecule has 0 saturated heterocycles. The molecule has 17 heavy (non-hydrogen) atoms. The second-order valence-corrected chi connectivity index (χ2v) is 3.90. The summed E-state index contributed by atoms with van der Waals surface area (Å²) in [6.07, 6.45) is 0. The predicted molar refractivity (Wildman–Crippen MR) is 63.6 cm³/mol. The molecular formula is C12H15FN4. The van der Waals surface area contributed by atoms with Crippen LogP contribution >= 0.6 is 0 Å². The summed E-state index contributed by atoms with van der Waals surface area (Å²) in [5.41, 5.74) is 1.33. The lowest BCUT2D eigenvalue weighted by Gasteiger charge is -2.11. The highest BCUT2D eigenvalue weighted by Gasteiger charge is 2.14. The van der Waals surface area contributed by atoms with Crippen molar-refractivity contribution < 1.29 is 4.39 Å². The van der Waals surface area contributed by atoms with E-state index in [2.05, 4.69) is 15.4 Å². The van der Waals surface area contributed by atoms with Gasteiger partial charge in [-0.1, -0.05) is 12.1 Å². The molecule has 90 valence electrons. The van der Waals surface area contributed by atoms with Crippen LogP contribution in [0.4, 0.5) is 4.39 Å². The average molecular weight is 234 g/mol. The number of rotatable bonds is 3. The normalized spacial score (nSPS) is 10.8. The van der Waals surface area contributed by atoms with E-state index in [0.29, 0.717) is 23.9 Å². The van der Waals surface area contributed by atoms with E-state index in [4.69, 9.17) is 0 Å². The van der Waals surface area contributed by atoms with Crippen molar-refractivity contribution in [3.63, 3.8) is 0 Å². The average Bonchev–Trinajstić information content (AvgIpc) is 2.58. The SMILES string of the molecule is CNCc1cccc(F)c1-n1nc(C)nc1C. The van der Waals surface area contributed by atoms with Crippen LogP contribution < -0.4 is 5.32 Å². The van der Waals surface area contributed by atoms with Crippen LogP contribution in [0.5, 0.6) is 0 Å². The highest BCUT2D eigenvalue weighted by atomic mass is 19.1. The fourth-order valence-electron chi connectivity index (χ4n) is 1.86. The number of para-hydroxylation sites is 1. The van der Waals surface area contributed by atoms with Gasteiger partial charge in [-0.05, 0) is 32.5 Å². The van der Waals surface area contributed by atoms with Crippen LogP contribution in [-0.2, 0) is 6.54 Å². The minimum Gasteiger partial charge on any atom is -0.316 e. The largest absolute Gasteiger partial charge is 0.316 e. The van der Waals surface area contributed by atoms with E-state index in [9.17, 15) is 4.39 Å². The molecule has 2 aromatic rings. The fourth-order valence-corrected chi connectivity index (χ4v) is 1.86. The minimum absolute atomic E-state index is 0.286. The molecule has 2 rings (SSSR count). The van der Waals surface area contributed by atoms with Gasteiger partial charge in [0.15, 0.2) is 0 Å². The van der Waals surface area contributed by atoms with Crippen LogP contribution in [-0.4, -0.2) is 21.8 Å². The van der Waals surface area contributed by atoms with Crippen molar-refractivity contribution in [2.75, 3.05) is 7.05 Å². The molecule has 0 aliphatic heterocycles. The van der Waals surface area contributed by atoms with Crippen LogP contribution in [0.15, 0.2) is 18.2 Å². The summed E-state index contributed by atoms with van der Waals surface area (Å²) in [6.45, 7) is 4.20. The Kier molecular flexibility index (Phi) is 3.19. The van der Waals surface area contributed by atoms with E-state index in [1.807, 2.05) is 20.0 Å². The number of nitrogens with zero attached hydrogens (tertiary/aromatic N) is 3. The van der Waals surface area contributed by atoms with Gasteiger partial charge in [0.1, 0.15) is 23.2 Å². The maximum atomic E-state index is 13.9. The van der Waals surface area contributed by atoms with Crippen LogP contribution in [0.1, 0.15) is 17.2 Å². The Morgan fingerprint density at radius 2 is 2.12 bits per heavy atom. The Hall–Kier alpha value is -1.75. The summed E-state index contributed by atoms with van der Waals surface area (Å²) < 4.78 is 15.5. The Bertz CT molecular complexity index is 533. The van der Waals surface area contributed by atoms with Crippen molar-refractivity contribution in [1.82, 2.24) is 20.1 Å². The van der Waals surface area contributed by atoms with Crippen molar-refractivity contribution in [1.29, 1.82) is 0 Å². The number of aromatic nitrogens is 3. The van der Waals surface area contributed by atoms with Crippen molar-refractivity contribution in [3.8, 4) is 5.69 Å². The summed E-state index contributed by atoms with van der Waals surface area (Å²) >= 11 is 0. The molecule has 0 aliphatic rings. The molecule has 1 N–H and O–H groups in total. The highest BCUT2D eigenvalue weighted by Crippen LogP contribution is 2.19. The molecule has 0 saturated carbocycles. The summed E-state index contributed by atoms with van der Waals surface area (Å²) in [7, 11) is 1.83. The Balaban J connectivity index is 2.61. The van der Waals surface area contributed by atoms with Gasteiger partial charge in [-0.15, -0.1) is 0 Å². The fraction of sp³-hybridized carbons (Fsp3) is 0.333. The first-order valence-electron chi connectivity index (χ1n) is 5.46. The van der Waals surface area contributed by atoms with Gasteiger partial charge < -0.3 is 5.32 Å². The van der Waals surface area contributed by atoms with Crippen molar-refractivity contribution >= 4 is 0 Å². The number of hydrogen-bond acceptors (Lipinski definition) is 3. The second kappa shape index (κ2) is 4.63. The smallest absolute Gasteiger partial charge is 0.149 e. The van der Waals surface area contributed by atoms with Crippen molar-refractivity contribution in [3.05, 3.63) is 41.2 Å². The summed E-state index contributed by atoms with van der Waals surface area (Å²) in [4.78, 5) is 4.19. The monoisotopic (exact) mass is 234 g/mol. The van der Waals surface area contributed by atoms with Gasteiger partial charge in [0, 0.05) is 6.54 Å². The van der Waals surface area contributed by atoms with Crippen LogP contribution in [0.25, 0.3) is 5.69 Å². The molecule has 4 nitrogen and oxygen atoms in total. The molecule has 1 aromatic heterocycles. The van der Waals surface area contributed by atoms with Gasteiger partial charge in [-0.3, -0.25) is 0 Å². The van der Waals surface area contributed by atoms with Gasteiger partial charge in [0.05, 0.1) is 0 Å². The number of benzene rings is 1. The topological polar surface area (TPSA) is 42.7 Å². The minimum atomic E-state index is -0.286. The van der Waals surface area contributed by atoms with Gasteiger partial charge >= 0.3 is 0 Å². The number of nitrogens with one attached hydrogen (secondary N) is 1. The summed E-state index contributed by atoms with van der Waals surface area (Å²) in [6, 6.07) is 5.01. The van der Waals surface area contributed by atoms with Gasteiger partial charge in [-0.2, -0.15) is 5.10 Å². The van der Waals surface area contributed by atoms with E-state index in [1.165, 1.54) is 6.07 Å². The molecule has 0 amide bonds. The van der Waals surface area contributed by atoms with Gasteiger partial charge in [-0.25, -0.2) is 14.1 Å². The summed E-state index contributed by atoms with van der Waals surface area (Å²) in [5, 5.41) is 7.24. The first-order valence-corrected chi connectivity index (χ1v) is 5.46. The zero-order valence-electron chi connectivity index (χ0n) is 10.2. The molecule has 0 atom stereocenters. The van der Waals surface area contributed by atoms with Crippen molar-refractivity contribution in [2.45, 2.75) is 20.4 Å². The Morgan fingerprint density at radius 3 is 2.71 bits per heavy atom. The molecule has 0 unspecified atom stereocenters. The van der Waals surface area contributed by atoms with Crippen LogP contribution in [0.3, 0.4) is 0 Å². The highest BCUT2D eigenvalue weighted by molar-refractivity contribution is 5.42. The van der Waals surface area contributed by atoms with Crippen LogP contribution in [0, 0.1) is 19.7 Å².